The average molecular weight is 238 g/mol. The van der Waals surface area contributed by atoms with Gasteiger partial charge in [0.2, 0.25) is 5.91 Å². The van der Waals surface area contributed by atoms with Crippen LogP contribution in [0, 0.1) is 0 Å². The molecule has 3 atom stereocenters. The highest BCUT2D eigenvalue weighted by atomic mass is 16.5. The number of carbonyl (C=O) groups is 1. The first-order valence-electron chi connectivity index (χ1n) is 6.98. The number of rotatable bonds is 2. The van der Waals surface area contributed by atoms with Gasteiger partial charge in [0.1, 0.15) is 0 Å². The summed E-state index contributed by atoms with van der Waals surface area (Å²) in [6.45, 7) is 2.72. The van der Waals surface area contributed by atoms with E-state index in [1.165, 1.54) is 12.8 Å². The zero-order valence-electron chi connectivity index (χ0n) is 10.4. The number of likely N-dealkylation sites (tertiary alicyclic amines) is 1. The number of carbonyl (C=O) groups excluding carboxylic acids is 1. The zero-order chi connectivity index (χ0) is 11.7. The lowest BCUT2D eigenvalue weighted by atomic mass is 10.0. The number of hydrogen-bond donors (Lipinski definition) is 1. The van der Waals surface area contributed by atoms with Gasteiger partial charge in [0.05, 0.1) is 12.2 Å². The standard InChI is InChI=1S/C13H22N2O2/c16-13(7-10-3-1-2-6-14-10)15-8-11-4-5-12(9-15)17-11/h10-12,14H,1-9H2. The average Bonchev–Trinajstić information content (AvgIpc) is 2.69. The number of amides is 1. The van der Waals surface area contributed by atoms with Crippen molar-refractivity contribution in [3.8, 4) is 0 Å². The topological polar surface area (TPSA) is 41.6 Å². The fourth-order valence-corrected chi connectivity index (χ4v) is 3.26. The van der Waals surface area contributed by atoms with Crippen LogP contribution in [0.2, 0.25) is 0 Å². The van der Waals surface area contributed by atoms with Crippen LogP contribution in [-0.2, 0) is 9.53 Å². The molecule has 3 aliphatic heterocycles. The zero-order valence-corrected chi connectivity index (χ0v) is 10.4. The lowest BCUT2D eigenvalue weighted by Crippen LogP contribution is -2.48. The highest BCUT2D eigenvalue weighted by molar-refractivity contribution is 5.77. The number of ether oxygens (including phenoxy) is 1. The van der Waals surface area contributed by atoms with Crippen LogP contribution in [0.15, 0.2) is 0 Å². The van der Waals surface area contributed by atoms with Crippen LogP contribution in [0.25, 0.3) is 0 Å². The van der Waals surface area contributed by atoms with E-state index in [1.807, 2.05) is 4.90 Å². The van der Waals surface area contributed by atoms with Crippen LogP contribution in [0.1, 0.15) is 38.5 Å². The molecule has 3 saturated heterocycles. The molecule has 0 aromatic rings. The summed E-state index contributed by atoms with van der Waals surface area (Å²) >= 11 is 0. The fourth-order valence-electron chi connectivity index (χ4n) is 3.26. The molecule has 0 aromatic heterocycles. The molecule has 3 aliphatic rings. The predicted octanol–water partition coefficient (Wildman–Crippen LogP) is 0.908. The Balaban J connectivity index is 1.51. The van der Waals surface area contributed by atoms with Gasteiger partial charge in [-0.3, -0.25) is 4.79 Å². The first-order valence-corrected chi connectivity index (χ1v) is 6.98. The van der Waals surface area contributed by atoms with Crippen molar-refractivity contribution >= 4 is 5.91 Å². The second-order valence-electron chi connectivity index (χ2n) is 5.61. The smallest absolute Gasteiger partial charge is 0.224 e. The van der Waals surface area contributed by atoms with Crippen LogP contribution in [0.5, 0.6) is 0 Å². The van der Waals surface area contributed by atoms with Crippen LogP contribution in [0.3, 0.4) is 0 Å². The SMILES string of the molecule is O=C(CC1CCCCN1)N1CC2CCC(C1)O2. The first-order chi connectivity index (χ1) is 8.31. The summed E-state index contributed by atoms with van der Waals surface area (Å²) in [5.74, 6) is 0.324. The maximum absolute atomic E-state index is 12.2. The number of nitrogens with zero attached hydrogens (tertiary/aromatic N) is 1. The Bertz CT molecular complexity index is 277. The summed E-state index contributed by atoms with van der Waals surface area (Å²) in [4.78, 5) is 14.2. The van der Waals surface area contributed by atoms with Crippen molar-refractivity contribution in [2.24, 2.45) is 0 Å². The molecule has 3 fully saturated rings. The van der Waals surface area contributed by atoms with E-state index in [9.17, 15) is 4.79 Å². The van der Waals surface area contributed by atoms with Gasteiger partial charge in [-0.05, 0) is 32.2 Å². The van der Waals surface area contributed by atoms with Crippen LogP contribution >= 0.6 is 0 Å². The van der Waals surface area contributed by atoms with Crippen LogP contribution in [-0.4, -0.2) is 48.7 Å². The minimum Gasteiger partial charge on any atom is -0.371 e. The van der Waals surface area contributed by atoms with Crippen molar-refractivity contribution in [3.05, 3.63) is 0 Å². The third-order valence-corrected chi connectivity index (χ3v) is 4.23. The molecule has 0 saturated carbocycles. The van der Waals surface area contributed by atoms with Crippen molar-refractivity contribution in [1.82, 2.24) is 10.2 Å². The van der Waals surface area contributed by atoms with Gasteiger partial charge >= 0.3 is 0 Å². The lowest BCUT2D eigenvalue weighted by Gasteiger charge is -2.33. The molecule has 17 heavy (non-hydrogen) atoms. The quantitative estimate of drug-likeness (QED) is 0.777. The molecule has 2 bridgehead atoms. The molecule has 0 aliphatic carbocycles. The minimum atomic E-state index is 0.317. The number of fused-ring (bicyclic) bond motifs is 2. The molecule has 4 heteroatoms. The normalized spacial score (nSPS) is 37.2. The molecule has 0 aromatic carbocycles. The van der Waals surface area contributed by atoms with Crippen LogP contribution < -0.4 is 5.32 Å². The highest BCUT2D eigenvalue weighted by Gasteiger charge is 2.36. The molecule has 4 nitrogen and oxygen atoms in total. The fraction of sp³-hybridized carbons (Fsp3) is 0.923. The van der Waals surface area contributed by atoms with E-state index in [0.29, 0.717) is 30.6 Å². The van der Waals surface area contributed by atoms with Crippen molar-refractivity contribution < 1.29 is 9.53 Å². The van der Waals surface area contributed by atoms with E-state index in [2.05, 4.69) is 5.32 Å². The molecular weight excluding hydrogens is 216 g/mol. The largest absolute Gasteiger partial charge is 0.371 e. The molecular formula is C13H22N2O2. The second kappa shape index (κ2) is 4.94. The van der Waals surface area contributed by atoms with Gasteiger partial charge in [0.25, 0.3) is 0 Å². The molecule has 3 unspecified atom stereocenters. The highest BCUT2D eigenvalue weighted by Crippen LogP contribution is 2.26. The summed E-state index contributed by atoms with van der Waals surface area (Å²) < 4.78 is 5.76. The third kappa shape index (κ3) is 2.63. The Labute approximate surface area is 103 Å². The van der Waals surface area contributed by atoms with Gasteiger partial charge in [-0.25, -0.2) is 0 Å². The Morgan fingerprint density at radius 2 is 1.94 bits per heavy atom. The molecule has 3 heterocycles. The Hall–Kier alpha value is -0.610. The van der Waals surface area contributed by atoms with Crippen molar-refractivity contribution in [2.75, 3.05) is 19.6 Å². The summed E-state index contributed by atoms with van der Waals surface area (Å²) in [6.07, 6.45) is 7.26. The predicted molar refractivity (Wildman–Crippen MR) is 64.7 cm³/mol. The van der Waals surface area contributed by atoms with Gasteiger partial charge in [0.15, 0.2) is 0 Å². The number of piperidine rings is 1. The number of nitrogens with one attached hydrogen (secondary N) is 1. The molecule has 96 valence electrons. The van der Waals surface area contributed by atoms with Gasteiger partial charge in [0, 0.05) is 25.6 Å². The summed E-state index contributed by atoms with van der Waals surface area (Å²) in [5, 5.41) is 3.45. The number of hydrogen-bond acceptors (Lipinski definition) is 3. The van der Waals surface area contributed by atoms with Crippen molar-refractivity contribution in [2.45, 2.75) is 56.8 Å². The Morgan fingerprint density at radius 3 is 2.59 bits per heavy atom. The van der Waals surface area contributed by atoms with E-state index in [4.69, 9.17) is 4.74 Å². The van der Waals surface area contributed by atoms with Gasteiger partial charge in [-0.1, -0.05) is 6.42 Å². The third-order valence-electron chi connectivity index (χ3n) is 4.23. The van der Waals surface area contributed by atoms with Gasteiger partial charge in [-0.15, -0.1) is 0 Å². The first kappa shape index (κ1) is 11.5. The van der Waals surface area contributed by atoms with Crippen LogP contribution in [0.4, 0.5) is 0 Å². The molecule has 1 amide bonds. The minimum absolute atomic E-state index is 0.317. The van der Waals surface area contributed by atoms with E-state index in [1.54, 1.807) is 0 Å². The molecule has 0 spiro atoms. The molecule has 3 rings (SSSR count). The number of morpholine rings is 1. The Kier molecular flexibility index (Phi) is 3.34. The van der Waals surface area contributed by atoms with Crippen molar-refractivity contribution in [3.63, 3.8) is 0 Å². The molecule has 1 N–H and O–H groups in total. The van der Waals surface area contributed by atoms with Gasteiger partial charge in [-0.2, -0.15) is 0 Å². The van der Waals surface area contributed by atoms with Crippen molar-refractivity contribution in [1.29, 1.82) is 0 Å². The Morgan fingerprint density at radius 1 is 1.18 bits per heavy atom. The van der Waals surface area contributed by atoms with Gasteiger partial charge < -0.3 is 15.0 Å². The summed E-state index contributed by atoms with van der Waals surface area (Å²) in [7, 11) is 0. The second-order valence-corrected chi connectivity index (χ2v) is 5.61. The summed E-state index contributed by atoms with van der Waals surface area (Å²) in [5.41, 5.74) is 0. The van der Waals surface area contributed by atoms with E-state index >= 15 is 0 Å². The van der Waals surface area contributed by atoms with E-state index < -0.39 is 0 Å². The maximum Gasteiger partial charge on any atom is 0.224 e. The monoisotopic (exact) mass is 238 g/mol. The lowest BCUT2D eigenvalue weighted by molar-refractivity contribution is -0.140. The summed E-state index contributed by atoms with van der Waals surface area (Å²) in [6, 6.07) is 0.414. The molecule has 0 radical (unpaired) electrons. The maximum atomic E-state index is 12.2. The van der Waals surface area contributed by atoms with E-state index in [-0.39, 0.29) is 0 Å². The van der Waals surface area contributed by atoms with E-state index in [0.717, 1.165) is 38.9 Å².